The number of anilines is 2. The summed E-state index contributed by atoms with van der Waals surface area (Å²) >= 11 is 6.21. The quantitative estimate of drug-likeness (QED) is 0.519. The minimum Gasteiger partial charge on any atom is -0.495 e. The molecule has 0 aliphatic carbocycles. The molecule has 1 aliphatic heterocycles. The van der Waals surface area contributed by atoms with Crippen LogP contribution in [0, 0.1) is 0 Å². The molecule has 1 aromatic heterocycles. The Balaban J connectivity index is 1.65. The lowest BCUT2D eigenvalue weighted by atomic mass is 10.2. The third kappa shape index (κ3) is 5.69. The minimum atomic E-state index is 0.285. The molecular formula is C22H31ClN6O. The van der Waals surface area contributed by atoms with Gasteiger partial charge in [-0.05, 0) is 43.7 Å². The lowest BCUT2D eigenvalue weighted by molar-refractivity contribution is 0.415. The number of pyridine rings is 1. The molecule has 30 heavy (non-hydrogen) atoms. The Kier molecular flexibility index (Phi) is 7.63. The molecule has 7 nitrogen and oxygen atoms in total. The Bertz CT molecular complexity index is 872. The topological polar surface area (TPSA) is 65.0 Å². The first kappa shape index (κ1) is 22.0. The Morgan fingerprint density at radius 2 is 2.17 bits per heavy atom. The Hall–Kier alpha value is -2.67. The molecule has 1 aromatic carbocycles. The van der Waals surface area contributed by atoms with Gasteiger partial charge in [0.05, 0.1) is 25.0 Å². The van der Waals surface area contributed by atoms with Gasteiger partial charge in [-0.3, -0.25) is 0 Å². The van der Waals surface area contributed by atoms with E-state index in [0.717, 1.165) is 55.0 Å². The molecule has 0 radical (unpaired) electrons. The van der Waals surface area contributed by atoms with Crippen molar-refractivity contribution in [2.45, 2.75) is 25.9 Å². The molecule has 1 unspecified atom stereocenters. The van der Waals surface area contributed by atoms with E-state index in [1.165, 1.54) is 0 Å². The summed E-state index contributed by atoms with van der Waals surface area (Å²) in [6.07, 6.45) is 1.01. The van der Waals surface area contributed by atoms with E-state index in [1.807, 2.05) is 55.4 Å². The fraction of sp³-hybridized carbons (Fsp3) is 0.455. The molecule has 1 aliphatic rings. The average molecular weight is 431 g/mol. The van der Waals surface area contributed by atoms with E-state index in [0.29, 0.717) is 11.6 Å². The summed E-state index contributed by atoms with van der Waals surface area (Å²) in [4.78, 5) is 13.7. The number of hydrogen-bond acceptors (Lipinski definition) is 5. The number of hydrogen-bond donors (Lipinski definition) is 2. The summed E-state index contributed by atoms with van der Waals surface area (Å²) < 4.78 is 5.51. The summed E-state index contributed by atoms with van der Waals surface area (Å²) in [6, 6.07) is 12.0. The van der Waals surface area contributed by atoms with Crippen LogP contribution in [0.2, 0.25) is 5.02 Å². The molecule has 1 saturated heterocycles. The summed E-state index contributed by atoms with van der Waals surface area (Å²) in [5.41, 5.74) is 1.97. The molecule has 0 amide bonds. The number of benzene rings is 1. The molecule has 1 fully saturated rings. The smallest absolute Gasteiger partial charge is 0.191 e. The summed E-state index contributed by atoms with van der Waals surface area (Å²) in [5, 5.41) is 7.61. The second-order valence-electron chi connectivity index (χ2n) is 7.47. The van der Waals surface area contributed by atoms with Crippen LogP contribution in [-0.4, -0.2) is 57.8 Å². The van der Waals surface area contributed by atoms with Crippen molar-refractivity contribution in [3.05, 3.63) is 47.1 Å². The molecule has 162 valence electrons. The third-order valence-electron chi connectivity index (χ3n) is 5.00. The van der Waals surface area contributed by atoms with E-state index < -0.39 is 0 Å². The SMILES string of the molecule is CCNC(=NCc1cccc(N(C)C)n1)NC1CCN(c2cc(Cl)ccc2OC)C1. The van der Waals surface area contributed by atoms with Gasteiger partial charge in [0.25, 0.3) is 0 Å². The van der Waals surface area contributed by atoms with Gasteiger partial charge in [0, 0.05) is 44.8 Å². The van der Waals surface area contributed by atoms with Crippen molar-refractivity contribution >= 4 is 29.1 Å². The van der Waals surface area contributed by atoms with Crippen LogP contribution in [0.15, 0.2) is 41.4 Å². The first-order valence-electron chi connectivity index (χ1n) is 10.3. The second-order valence-corrected chi connectivity index (χ2v) is 7.91. The summed E-state index contributed by atoms with van der Waals surface area (Å²) in [7, 11) is 5.66. The van der Waals surface area contributed by atoms with Gasteiger partial charge in [-0.25, -0.2) is 9.98 Å². The molecule has 2 N–H and O–H groups in total. The fourth-order valence-corrected chi connectivity index (χ4v) is 3.65. The minimum absolute atomic E-state index is 0.285. The number of aromatic nitrogens is 1. The highest BCUT2D eigenvalue weighted by Crippen LogP contribution is 2.33. The zero-order valence-electron chi connectivity index (χ0n) is 18.2. The van der Waals surface area contributed by atoms with Crippen LogP contribution in [0.5, 0.6) is 5.75 Å². The van der Waals surface area contributed by atoms with Crippen molar-refractivity contribution in [3.63, 3.8) is 0 Å². The molecule has 2 heterocycles. The number of rotatable bonds is 7. The Labute approximate surface area is 184 Å². The average Bonchev–Trinajstić information content (AvgIpc) is 3.20. The highest BCUT2D eigenvalue weighted by Gasteiger charge is 2.25. The van der Waals surface area contributed by atoms with Gasteiger partial charge in [0.15, 0.2) is 5.96 Å². The van der Waals surface area contributed by atoms with E-state index in [1.54, 1.807) is 7.11 Å². The van der Waals surface area contributed by atoms with Gasteiger partial charge < -0.3 is 25.2 Å². The Morgan fingerprint density at radius 3 is 2.90 bits per heavy atom. The molecule has 0 saturated carbocycles. The number of guanidine groups is 1. The maximum Gasteiger partial charge on any atom is 0.191 e. The number of halogens is 1. The number of aliphatic imine (C=N–C) groups is 1. The van der Waals surface area contributed by atoms with Crippen molar-refractivity contribution in [1.82, 2.24) is 15.6 Å². The van der Waals surface area contributed by atoms with Gasteiger partial charge in [0.1, 0.15) is 11.6 Å². The van der Waals surface area contributed by atoms with Crippen LogP contribution in [0.1, 0.15) is 19.0 Å². The summed E-state index contributed by atoms with van der Waals surface area (Å²) in [6.45, 7) is 5.18. The van der Waals surface area contributed by atoms with Crippen LogP contribution in [0.25, 0.3) is 0 Å². The maximum atomic E-state index is 6.21. The summed E-state index contributed by atoms with van der Waals surface area (Å²) in [5.74, 6) is 2.58. The predicted molar refractivity (Wildman–Crippen MR) is 125 cm³/mol. The van der Waals surface area contributed by atoms with Gasteiger partial charge in [-0.2, -0.15) is 0 Å². The van der Waals surface area contributed by atoms with Gasteiger partial charge in [0.2, 0.25) is 0 Å². The number of ether oxygens (including phenoxy) is 1. The van der Waals surface area contributed by atoms with Gasteiger partial charge >= 0.3 is 0 Å². The molecule has 0 bridgehead atoms. The third-order valence-corrected chi connectivity index (χ3v) is 5.24. The van der Waals surface area contributed by atoms with Crippen LogP contribution < -0.4 is 25.2 Å². The van der Waals surface area contributed by atoms with E-state index in [-0.39, 0.29) is 6.04 Å². The molecular weight excluding hydrogens is 400 g/mol. The first-order valence-corrected chi connectivity index (χ1v) is 10.6. The number of nitrogens with zero attached hydrogens (tertiary/aromatic N) is 4. The maximum absolute atomic E-state index is 6.21. The molecule has 2 aromatic rings. The van der Waals surface area contributed by atoms with Gasteiger partial charge in [-0.15, -0.1) is 0 Å². The normalized spacial score (nSPS) is 16.5. The second kappa shape index (κ2) is 10.4. The lowest BCUT2D eigenvalue weighted by Gasteiger charge is -2.22. The zero-order chi connectivity index (χ0) is 21.5. The molecule has 1 atom stereocenters. The molecule has 8 heteroatoms. The van der Waals surface area contributed by atoms with Gasteiger partial charge in [-0.1, -0.05) is 17.7 Å². The number of methoxy groups -OCH3 is 1. The molecule has 3 rings (SSSR count). The Morgan fingerprint density at radius 1 is 1.33 bits per heavy atom. The van der Waals surface area contributed by atoms with Crippen molar-refractivity contribution < 1.29 is 4.74 Å². The largest absolute Gasteiger partial charge is 0.495 e. The van der Waals surface area contributed by atoms with E-state index in [4.69, 9.17) is 21.3 Å². The highest BCUT2D eigenvalue weighted by molar-refractivity contribution is 6.30. The van der Waals surface area contributed by atoms with Crippen LogP contribution in [0.3, 0.4) is 0 Å². The van der Waals surface area contributed by atoms with E-state index >= 15 is 0 Å². The van der Waals surface area contributed by atoms with Crippen molar-refractivity contribution in [2.24, 2.45) is 4.99 Å². The van der Waals surface area contributed by atoms with Crippen molar-refractivity contribution in [2.75, 3.05) is 50.6 Å². The monoisotopic (exact) mass is 430 g/mol. The van der Waals surface area contributed by atoms with Crippen LogP contribution in [-0.2, 0) is 6.54 Å². The standard InChI is InChI=1S/C22H31ClN6O/c1-5-24-22(25-14-17-7-6-8-21(26-17)28(2)3)27-18-11-12-29(15-18)19-13-16(23)9-10-20(19)30-4/h6-10,13,18H,5,11-12,14-15H2,1-4H3,(H2,24,25,27). The predicted octanol–water partition coefficient (Wildman–Crippen LogP) is 3.14. The van der Waals surface area contributed by atoms with Crippen LogP contribution >= 0.6 is 11.6 Å². The zero-order valence-corrected chi connectivity index (χ0v) is 18.9. The van der Waals surface area contributed by atoms with E-state index in [2.05, 4.69) is 27.4 Å². The lowest BCUT2D eigenvalue weighted by Crippen LogP contribution is -2.44. The van der Waals surface area contributed by atoms with E-state index in [9.17, 15) is 0 Å². The van der Waals surface area contributed by atoms with Crippen molar-refractivity contribution in [3.8, 4) is 5.75 Å². The number of nitrogens with one attached hydrogen (secondary N) is 2. The highest BCUT2D eigenvalue weighted by atomic mass is 35.5. The first-order chi connectivity index (χ1) is 14.5. The molecule has 0 spiro atoms. The fourth-order valence-electron chi connectivity index (χ4n) is 3.48. The van der Waals surface area contributed by atoms with Crippen LogP contribution in [0.4, 0.5) is 11.5 Å². The van der Waals surface area contributed by atoms with Crippen molar-refractivity contribution in [1.29, 1.82) is 0 Å².